The fourth-order valence-electron chi connectivity index (χ4n) is 1.58. The zero-order valence-electron chi connectivity index (χ0n) is 10.3. The molecule has 2 atom stereocenters. The largest absolute Gasteiger partial charge is 0.314 e. The molecule has 1 N–H and O–H groups in total. The van der Waals surface area contributed by atoms with Gasteiger partial charge in [-0.3, -0.25) is 0 Å². The molecule has 0 aliphatic rings. The number of rotatable bonds is 6. The van der Waals surface area contributed by atoms with Crippen LogP contribution in [-0.4, -0.2) is 12.6 Å². The summed E-state index contributed by atoms with van der Waals surface area (Å²) in [5.74, 6) is 0.809. The van der Waals surface area contributed by atoms with Crippen molar-refractivity contribution in [3.8, 4) is 0 Å². The Labute approximate surface area is 84.3 Å². The Morgan fingerprint density at radius 3 is 2.00 bits per heavy atom. The van der Waals surface area contributed by atoms with Crippen molar-refractivity contribution < 1.29 is 0 Å². The van der Waals surface area contributed by atoms with Gasteiger partial charge in [0.2, 0.25) is 0 Å². The van der Waals surface area contributed by atoms with Crippen molar-refractivity contribution in [1.82, 2.24) is 5.32 Å². The summed E-state index contributed by atoms with van der Waals surface area (Å²) < 4.78 is 0. The highest BCUT2D eigenvalue weighted by Crippen LogP contribution is 2.32. The van der Waals surface area contributed by atoms with Gasteiger partial charge in [-0.05, 0) is 17.8 Å². The van der Waals surface area contributed by atoms with Crippen LogP contribution in [-0.2, 0) is 0 Å². The molecule has 0 spiro atoms. The number of hydrogen-bond acceptors (Lipinski definition) is 1. The van der Waals surface area contributed by atoms with Gasteiger partial charge in [0.25, 0.3) is 0 Å². The van der Waals surface area contributed by atoms with E-state index in [1.807, 2.05) is 0 Å². The van der Waals surface area contributed by atoms with E-state index in [1.165, 1.54) is 12.8 Å². The molecule has 0 amide bonds. The molecule has 0 aromatic rings. The zero-order chi connectivity index (χ0) is 10.5. The predicted molar refractivity (Wildman–Crippen MR) is 61.0 cm³/mol. The highest BCUT2D eigenvalue weighted by atomic mass is 14.9. The van der Waals surface area contributed by atoms with Crippen LogP contribution in [0.2, 0.25) is 0 Å². The lowest BCUT2D eigenvalue weighted by molar-refractivity contribution is 0.176. The third-order valence-corrected chi connectivity index (χ3v) is 3.52. The Bertz CT molecular complexity index is 131. The Morgan fingerprint density at radius 1 is 1.15 bits per heavy atom. The second-order valence-corrected chi connectivity index (χ2v) is 4.85. The van der Waals surface area contributed by atoms with Gasteiger partial charge in [-0.2, -0.15) is 0 Å². The van der Waals surface area contributed by atoms with Crippen LogP contribution in [0.3, 0.4) is 0 Å². The fraction of sp³-hybridized carbons (Fsp3) is 1.00. The van der Waals surface area contributed by atoms with Gasteiger partial charge in [0, 0.05) is 12.6 Å². The Morgan fingerprint density at radius 2 is 1.69 bits per heavy atom. The molecule has 0 rings (SSSR count). The monoisotopic (exact) mass is 185 g/mol. The van der Waals surface area contributed by atoms with Crippen LogP contribution in [0.15, 0.2) is 0 Å². The third-order valence-electron chi connectivity index (χ3n) is 3.52. The van der Waals surface area contributed by atoms with Gasteiger partial charge in [0.1, 0.15) is 0 Å². The first-order valence-corrected chi connectivity index (χ1v) is 5.69. The van der Waals surface area contributed by atoms with Gasteiger partial charge in [-0.25, -0.2) is 0 Å². The van der Waals surface area contributed by atoms with E-state index < -0.39 is 0 Å². The van der Waals surface area contributed by atoms with Crippen LogP contribution in [0.1, 0.15) is 54.4 Å². The summed E-state index contributed by atoms with van der Waals surface area (Å²) in [6.45, 7) is 14.9. The molecule has 0 saturated heterocycles. The Hall–Kier alpha value is -0.0400. The molecule has 0 radical (unpaired) electrons. The molecule has 0 bridgehead atoms. The highest BCUT2D eigenvalue weighted by Gasteiger charge is 2.27. The average Bonchev–Trinajstić information content (AvgIpc) is 2.12. The van der Waals surface area contributed by atoms with Crippen LogP contribution in [0.4, 0.5) is 0 Å². The lowest BCUT2D eigenvalue weighted by Gasteiger charge is -2.35. The molecule has 0 aliphatic carbocycles. The SMILES string of the molecule is CCC(C)C(C)(CC)CNC(C)C. The molecule has 0 aromatic carbocycles. The van der Waals surface area contributed by atoms with E-state index in [0.29, 0.717) is 11.5 Å². The first-order chi connectivity index (χ1) is 5.96. The first kappa shape index (κ1) is 13.0. The minimum atomic E-state index is 0.471. The fourth-order valence-corrected chi connectivity index (χ4v) is 1.58. The van der Waals surface area contributed by atoms with Crippen molar-refractivity contribution >= 4 is 0 Å². The summed E-state index contributed by atoms with van der Waals surface area (Å²) in [5, 5.41) is 3.55. The minimum absolute atomic E-state index is 0.471. The van der Waals surface area contributed by atoms with E-state index in [0.717, 1.165) is 12.5 Å². The minimum Gasteiger partial charge on any atom is -0.314 e. The van der Waals surface area contributed by atoms with Crippen molar-refractivity contribution in [2.45, 2.75) is 60.4 Å². The molecule has 13 heavy (non-hydrogen) atoms. The molecule has 1 heteroatoms. The summed E-state index contributed by atoms with van der Waals surface area (Å²) >= 11 is 0. The van der Waals surface area contributed by atoms with Gasteiger partial charge in [-0.1, -0.05) is 48.0 Å². The topological polar surface area (TPSA) is 12.0 Å². The molecule has 0 aromatic heterocycles. The van der Waals surface area contributed by atoms with Gasteiger partial charge in [0.15, 0.2) is 0 Å². The number of nitrogens with one attached hydrogen (secondary N) is 1. The van der Waals surface area contributed by atoms with E-state index in [2.05, 4.69) is 46.9 Å². The van der Waals surface area contributed by atoms with Gasteiger partial charge >= 0.3 is 0 Å². The van der Waals surface area contributed by atoms with E-state index in [4.69, 9.17) is 0 Å². The predicted octanol–water partition coefficient (Wildman–Crippen LogP) is 3.45. The molecule has 0 aliphatic heterocycles. The maximum Gasteiger partial charge on any atom is 0.00106 e. The summed E-state index contributed by atoms with van der Waals surface area (Å²) in [6.07, 6.45) is 2.55. The smallest absolute Gasteiger partial charge is 0.00106 e. The van der Waals surface area contributed by atoms with Gasteiger partial charge in [0.05, 0.1) is 0 Å². The highest BCUT2D eigenvalue weighted by molar-refractivity contribution is 4.80. The van der Waals surface area contributed by atoms with Crippen molar-refractivity contribution in [1.29, 1.82) is 0 Å². The normalized spacial score (nSPS) is 18.7. The summed E-state index contributed by atoms with van der Waals surface area (Å²) in [5.41, 5.74) is 0.471. The molecule has 0 heterocycles. The Kier molecular flexibility index (Phi) is 5.62. The van der Waals surface area contributed by atoms with E-state index >= 15 is 0 Å². The third kappa shape index (κ3) is 4.12. The average molecular weight is 185 g/mol. The van der Waals surface area contributed by atoms with Crippen LogP contribution >= 0.6 is 0 Å². The van der Waals surface area contributed by atoms with E-state index in [9.17, 15) is 0 Å². The van der Waals surface area contributed by atoms with Crippen LogP contribution in [0, 0.1) is 11.3 Å². The standard InChI is InChI=1S/C12H27N/c1-7-11(5)12(6,8-2)9-13-10(3)4/h10-11,13H,7-9H2,1-6H3. The molecule has 80 valence electrons. The number of hydrogen-bond donors (Lipinski definition) is 1. The molecule has 0 saturated carbocycles. The molecule has 0 fully saturated rings. The molecular formula is C12H27N. The quantitative estimate of drug-likeness (QED) is 0.668. The molecular weight excluding hydrogens is 158 g/mol. The zero-order valence-corrected chi connectivity index (χ0v) is 10.3. The summed E-state index contributed by atoms with van der Waals surface area (Å²) in [4.78, 5) is 0. The Balaban J connectivity index is 4.11. The second-order valence-electron chi connectivity index (χ2n) is 4.85. The van der Waals surface area contributed by atoms with Crippen LogP contribution in [0.5, 0.6) is 0 Å². The van der Waals surface area contributed by atoms with Crippen LogP contribution < -0.4 is 5.32 Å². The van der Waals surface area contributed by atoms with Crippen molar-refractivity contribution in [2.75, 3.05) is 6.54 Å². The summed E-state index contributed by atoms with van der Waals surface area (Å²) in [6, 6.07) is 0.606. The van der Waals surface area contributed by atoms with E-state index in [-0.39, 0.29) is 0 Å². The van der Waals surface area contributed by atoms with Gasteiger partial charge < -0.3 is 5.32 Å². The van der Waals surface area contributed by atoms with Gasteiger partial charge in [-0.15, -0.1) is 0 Å². The second kappa shape index (κ2) is 5.64. The lowest BCUT2D eigenvalue weighted by Crippen LogP contribution is -2.39. The molecule has 1 nitrogen and oxygen atoms in total. The van der Waals surface area contributed by atoms with Crippen molar-refractivity contribution in [3.63, 3.8) is 0 Å². The first-order valence-electron chi connectivity index (χ1n) is 5.69. The maximum absolute atomic E-state index is 3.55. The van der Waals surface area contributed by atoms with Crippen molar-refractivity contribution in [3.05, 3.63) is 0 Å². The summed E-state index contributed by atoms with van der Waals surface area (Å²) in [7, 11) is 0. The van der Waals surface area contributed by atoms with E-state index in [1.54, 1.807) is 0 Å². The molecule has 2 unspecified atom stereocenters. The maximum atomic E-state index is 3.55. The lowest BCUT2D eigenvalue weighted by atomic mass is 9.74. The van der Waals surface area contributed by atoms with Crippen molar-refractivity contribution in [2.24, 2.45) is 11.3 Å². The van der Waals surface area contributed by atoms with Crippen LogP contribution in [0.25, 0.3) is 0 Å².